The summed E-state index contributed by atoms with van der Waals surface area (Å²) >= 11 is 0. The third kappa shape index (κ3) is 3.90. The average Bonchev–Trinajstić information content (AvgIpc) is 3.49. The van der Waals surface area contributed by atoms with Crippen LogP contribution in [0.5, 0.6) is 0 Å². The minimum Gasteiger partial charge on any atom is -0.455 e. The van der Waals surface area contributed by atoms with E-state index in [0.717, 1.165) is 18.5 Å². The van der Waals surface area contributed by atoms with Crippen LogP contribution < -0.4 is 5.32 Å². The van der Waals surface area contributed by atoms with Crippen molar-refractivity contribution in [3.05, 3.63) is 58.9 Å². The number of aryl methyl sites for hydroxylation is 2. The number of rotatable bonds is 5. The van der Waals surface area contributed by atoms with Gasteiger partial charge in [0, 0.05) is 32.0 Å². The monoisotopic (exact) mass is 446 g/mol. The van der Waals surface area contributed by atoms with Gasteiger partial charge in [-0.15, -0.1) is 0 Å². The summed E-state index contributed by atoms with van der Waals surface area (Å²) in [7, 11) is 0. The number of hydrogen-bond donors (Lipinski definition) is 1. The quantitative estimate of drug-likeness (QED) is 0.648. The molecule has 168 valence electrons. The number of ether oxygens (including phenoxy) is 1. The van der Waals surface area contributed by atoms with Crippen LogP contribution in [0.25, 0.3) is 11.3 Å². The minimum atomic E-state index is -4.77. The SMILES string of the molecule is O=C(NC[C@@H]1CCCO1)c1oc2c(c1C(F)(F)F)-c1nn(Cc3ccccn3)cc1CC2. The molecule has 4 heterocycles. The van der Waals surface area contributed by atoms with Gasteiger partial charge in [-0.1, -0.05) is 6.07 Å². The number of hydrogen-bond acceptors (Lipinski definition) is 5. The van der Waals surface area contributed by atoms with Crippen LogP contribution in [-0.4, -0.2) is 39.9 Å². The number of fused-ring (bicyclic) bond motifs is 3. The van der Waals surface area contributed by atoms with Crippen LogP contribution in [0.3, 0.4) is 0 Å². The summed E-state index contributed by atoms with van der Waals surface area (Å²) in [6.07, 6.45) is 0.796. The van der Waals surface area contributed by atoms with Gasteiger partial charge < -0.3 is 14.5 Å². The van der Waals surface area contributed by atoms with E-state index in [-0.39, 0.29) is 36.1 Å². The predicted molar refractivity (Wildman–Crippen MR) is 107 cm³/mol. The van der Waals surface area contributed by atoms with E-state index in [1.54, 1.807) is 23.1 Å². The molecule has 0 unspecified atom stereocenters. The Balaban J connectivity index is 1.49. The molecule has 1 aliphatic carbocycles. The molecule has 3 aromatic heterocycles. The molecule has 2 aliphatic rings. The Bertz CT molecular complexity index is 1130. The summed E-state index contributed by atoms with van der Waals surface area (Å²) < 4.78 is 54.8. The maximum absolute atomic E-state index is 14.1. The van der Waals surface area contributed by atoms with Gasteiger partial charge in [0.25, 0.3) is 5.91 Å². The predicted octanol–water partition coefficient (Wildman–Crippen LogP) is 3.61. The van der Waals surface area contributed by atoms with Crippen molar-refractivity contribution in [2.45, 2.75) is 44.5 Å². The molecule has 10 heteroatoms. The highest BCUT2D eigenvalue weighted by molar-refractivity contribution is 5.96. The molecule has 3 aromatic rings. The molecule has 0 saturated carbocycles. The van der Waals surface area contributed by atoms with Gasteiger partial charge in [-0.05, 0) is 37.0 Å². The van der Waals surface area contributed by atoms with Crippen molar-refractivity contribution in [1.82, 2.24) is 20.1 Å². The van der Waals surface area contributed by atoms with E-state index < -0.39 is 23.4 Å². The lowest BCUT2D eigenvalue weighted by atomic mass is 9.93. The van der Waals surface area contributed by atoms with Crippen molar-refractivity contribution in [3.8, 4) is 11.3 Å². The van der Waals surface area contributed by atoms with Gasteiger partial charge in [0.2, 0.25) is 5.76 Å². The maximum Gasteiger partial charge on any atom is 0.420 e. The van der Waals surface area contributed by atoms with Crippen molar-refractivity contribution in [1.29, 1.82) is 0 Å². The van der Waals surface area contributed by atoms with Crippen molar-refractivity contribution in [3.63, 3.8) is 0 Å². The largest absolute Gasteiger partial charge is 0.455 e. The van der Waals surface area contributed by atoms with Crippen molar-refractivity contribution >= 4 is 5.91 Å². The number of nitrogens with zero attached hydrogens (tertiary/aromatic N) is 3. The molecule has 0 aromatic carbocycles. The second-order valence-electron chi connectivity index (χ2n) is 7.97. The highest BCUT2D eigenvalue weighted by Crippen LogP contribution is 2.46. The van der Waals surface area contributed by atoms with Crippen LogP contribution >= 0.6 is 0 Å². The van der Waals surface area contributed by atoms with E-state index in [4.69, 9.17) is 9.15 Å². The highest BCUT2D eigenvalue weighted by atomic mass is 19.4. The summed E-state index contributed by atoms with van der Waals surface area (Å²) in [6.45, 7) is 1.07. The fourth-order valence-electron chi connectivity index (χ4n) is 4.27. The van der Waals surface area contributed by atoms with Gasteiger partial charge in [-0.3, -0.25) is 14.5 Å². The minimum absolute atomic E-state index is 0.134. The molecule has 0 bridgehead atoms. The third-order valence-electron chi connectivity index (χ3n) is 5.73. The first-order valence-corrected chi connectivity index (χ1v) is 10.5. The van der Waals surface area contributed by atoms with Gasteiger partial charge in [0.05, 0.1) is 29.6 Å². The zero-order chi connectivity index (χ0) is 22.3. The molecule has 0 spiro atoms. The lowest BCUT2D eigenvalue weighted by Gasteiger charge is -2.13. The van der Waals surface area contributed by atoms with Gasteiger partial charge in [-0.2, -0.15) is 18.3 Å². The zero-order valence-corrected chi connectivity index (χ0v) is 17.1. The zero-order valence-electron chi connectivity index (χ0n) is 17.1. The molecule has 1 fully saturated rings. The average molecular weight is 446 g/mol. The Morgan fingerprint density at radius 1 is 1.28 bits per heavy atom. The van der Waals surface area contributed by atoms with E-state index in [9.17, 15) is 18.0 Å². The van der Waals surface area contributed by atoms with E-state index >= 15 is 0 Å². The molecule has 1 saturated heterocycles. The van der Waals surface area contributed by atoms with Crippen LogP contribution in [0.2, 0.25) is 0 Å². The molecule has 1 N–H and O–H groups in total. The smallest absolute Gasteiger partial charge is 0.420 e. The molecular weight excluding hydrogens is 425 g/mol. The molecule has 5 rings (SSSR count). The van der Waals surface area contributed by atoms with E-state index in [2.05, 4.69) is 15.4 Å². The van der Waals surface area contributed by atoms with E-state index in [1.165, 1.54) is 0 Å². The molecule has 7 nitrogen and oxygen atoms in total. The van der Waals surface area contributed by atoms with Gasteiger partial charge in [-0.25, -0.2) is 0 Å². The van der Waals surface area contributed by atoms with Gasteiger partial charge in [0.1, 0.15) is 11.3 Å². The second-order valence-corrected chi connectivity index (χ2v) is 7.97. The standard InChI is InChI=1S/C22H21F3N4O3/c23-22(24,25)18-17-16(32-20(18)21(30)27-10-15-5-3-9-31-15)7-6-13-11-29(28-19(13)17)12-14-4-1-2-8-26-14/h1-2,4,8,11,15H,3,5-7,9-10,12H2,(H,27,30)/t15-/m0/s1. The van der Waals surface area contributed by atoms with Crippen molar-refractivity contribution in [2.24, 2.45) is 0 Å². The number of aromatic nitrogens is 3. The molecule has 0 radical (unpaired) electrons. The third-order valence-corrected chi connectivity index (χ3v) is 5.73. The fraction of sp³-hybridized carbons (Fsp3) is 0.409. The van der Waals surface area contributed by atoms with E-state index in [0.29, 0.717) is 25.1 Å². The highest BCUT2D eigenvalue weighted by Gasteiger charge is 2.45. The Labute approximate surface area is 181 Å². The summed E-state index contributed by atoms with van der Waals surface area (Å²) in [5.74, 6) is -1.47. The Kier molecular flexibility index (Phi) is 5.24. The van der Waals surface area contributed by atoms with Crippen LogP contribution in [0.1, 0.15) is 46.0 Å². The first-order valence-electron chi connectivity index (χ1n) is 10.5. The summed E-state index contributed by atoms with van der Waals surface area (Å²) in [4.78, 5) is 16.9. The number of furan rings is 1. The lowest BCUT2D eigenvalue weighted by molar-refractivity contribution is -0.137. The summed E-state index contributed by atoms with van der Waals surface area (Å²) in [5.41, 5.74) is 0.426. The molecular formula is C22H21F3N4O3. The molecule has 1 aliphatic heterocycles. The summed E-state index contributed by atoms with van der Waals surface area (Å²) in [6, 6.07) is 5.45. The summed E-state index contributed by atoms with van der Waals surface area (Å²) in [5, 5.41) is 6.94. The van der Waals surface area contributed by atoms with Crippen molar-refractivity contribution < 1.29 is 27.1 Å². The van der Waals surface area contributed by atoms with Crippen LogP contribution in [0, 0.1) is 0 Å². The lowest BCUT2D eigenvalue weighted by Crippen LogP contribution is -2.32. The molecule has 1 atom stereocenters. The first kappa shape index (κ1) is 20.7. The van der Waals surface area contributed by atoms with E-state index in [1.807, 2.05) is 12.1 Å². The number of alkyl halides is 3. The molecule has 32 heavy (non-hydrogen) atoms. The fourth-order valence-corrected chi connectivity index (χ4v) is 4.27. The number of halogens is 3. The number of pyridine rings is 1. The second kappa shape index (κ2) is 8.09. The number of amides is 1. The van der Waals surface area contributed by atoms with Crippen LogP contribution in [0.4, 0.5) is 13.2 Å². The Morgan fingerprint density at radius 2 is 2.16 bits per heavy atom. The Morgan fingerprint density at radius 3 is 2.88 bits per heavy atom. The number of nitrogens with one attached hydrogen (secondary N) is 1. The van der Waals surface area contributed by atoms with Crippen LogP contribution in [-0.2, 0) is 30.3 Å². The molecule has 1 amide bonds. The number of carbonyl (C=O) groups is 1. The number of carbonyl (C=O) groups excluding carboxylic acids is 1. The normalized spacial score (nSPS) is 17.8. The van der Waals surface area contributed by atoms with Gasteiger partial charge in [0.15, 0.2) is 0 Å². The van der Waals surface area contributed by atoms with Crippen LogP contribution in [0.15, 0.2) is 35.0 Å². The Hall–Kier alpha value is -3.14. The first-order chi connectivity index (χ1) is 15.4. The maximum atomic E-state index is 14.1. The van der Waals surface area contributed by atoms with Crippen molar-refractivity contribution in [2.75, 3.05) is 13.2 Å². The van der Waals surface area contributed by atoms with Gasteiger partial charge >= 0.3 is 6.18 Å². The topological polar surface area (TPSA) is 82.2 Å².